The molecule has 6 heteroatoms. The molecule has 0 amide bonds. The van der Waals surface area contributed by atoms with Gasteiger partial charge in [-0.1, -0.05) is 0 Å². The number of carbonyl (C=O) groups is 2. The Morgan fingerprint density at radius 3 is 1.20 bits per heavy atom. The van der Waals surface area contributed by atoms with Gasteiger partial charge >= 0.3 is 11.9 Å². The van der Waals surface area contributed by atoms with Gasteiger partial charge in [0.1, 0.15) is 0 Å². The smallest absolute Gasteiger partial charge is 0.303 e. The summed E-state index contributed by atoms with van der Waals surface area (Å²) in [5, 5.41) is 15.8. The first-order valence-corrected chi connectivity index (χ1v) is 2.06. The summed E-state index contributed by atoms with van der Waals surface area (Å²) in [4.78, 5) is 19.3. The normalized spacial score (nSPS) is 6.80. The third kappa shape index (κ3) is 15.7. The van der Waals surface area contributed by atoms with Crippen LogP contribution in [0.3, 0.4) is 0 Å². The average molecular weight is 331 g/mol. The first-order chi connectivity index (χ1) is 3.63. The van der Waals surface area contributed by atoms with Gasteiger partial charge < -0.3 is 10.2 Å². The van der Waals surface area contributed by atoms with Crippen molar-refractivity contribution in [3.8, 4) is 0 Å². The van der Waals surface area contributed by atoms with E-state index in [-0.39, 0.29) is 53.7 Å². The Kier molecular flexibility index (Phi) is 15.5. The SMILES string of the molecule is O=C(O)CCC(=O)O.[Pd].[Pd]. The van der Waals surface area contributed by atoms with Crippen molar-refractivity contribution in [1.29, 1.82) is 0 Å². The van der Waals surface area contributed by atoms with E-state index >= 15 is 0 Å². The van der Waals surface area contributed by atoms with Crippen LogP contribution in [0.25, 0.3) is 0 Å². The van der Waals surface area contributed by atoms with E-state index in [1.807, 2.05) is 0 Å². The molecule has 66 valence electrons. The number of carboxylic acid groups (broad SMARTS) is 2. The minimum Gasteiger partial charge on any atom is -0.481 e. The third-order valence-electron chi connectivity index (χ3n) is 0.553. The minimum atomic E-state index is -1.08. The van der Waals surface area contributed by atoms with E-state index in [2.05, 4.69) is 0 Å². The fourth-order valence-electron chi connectivity index (χ4n) is 0.214. The Morgan fingerprint density at radius 2 is 1.10 bits per heavy atom. The zero-order chi connectivity index (χ0) is 6.57. The second kappa shape index (κ2) is 9.26. The van der Waals surface area contributed by atoms with Crippen LogP contribution in [0.2, 0.25) is 0 Å². The summed E-state index contributed by atoms with van der Waals surface area (Å²) < 4.78 is 0. The second-order valence-corrected chi connectivity index (χ2v) is 1.29. The van der Waals surface area contributed by atoms with E-state index in [4.69, 9.17) is 10.2 Å². The molecule has 0 atom stereocenters. The van der Waals surface area contributed by atoms with E-state index in [0.29, 0.717) is 0 Å². The molecule has 0 unspecified atom stereocenters. The van der Waals surface area contributed by atoms with Crippen molar-refractivity contribution >= 4 is 11.9 Å². The predicted molar refractivity (Wildman–Crippen MR) is 24.5 cm³/mol. The van der Waals surface area contributed by atoms with Gasteiger partial charge in [-0.3, -0.25) is 9.59 Å². The summed E-state index contributed by atoms with van der Waals surface area (Å²) >= 11 is 0. The van der Waals surface area contributed by atoms with Gasteiger partial charge in [-0.15, -0.1) is 0 Å². The molecular weight excluding hydrogens is 325 g/mol. The van der Waals surface area contributed by atoms with Crippen molar-refractivity contribution in [3.63, 3.8) is 0 Å². The molecular formula is C4H6O4Pd2. The molecule has 0 heterocycles. The topological polar surface area (TPSA) is 74.6 Å². The van der Waals surface area contributed by atoms with Crippen LogP contribution < -0.4 is 0 Å². The van der Waals surface area contributed by atoms with Crippen molar-refractivity contribution in [1.82, 2.24) is 0 Å². The molecule has 0 spiro atoms. The summed E-state index contributed by atoms with van der Waals surface area (Å²) in [6.07, 6.45) is -0.593. The van der Waals surface area contributed by atoms with E-state index in [1.165, 1.54) is 0 Å². The zero-order valence-corrected chi connectivity index (χ0v) is 7.87. The van der Waals surface area contributed by atoms with Crippen LogP contribution in [0.1, 0.15) is 12.8 Å². The molecule has 0 aliphatic rings. The molecule has 0 radical (unpaired) electrons. The number of carboxylic acids is 2. The van der Waals surface area contributed by atoms with E-state index in [9.17, 15) is 9.59 Å². The largest absolute Gasteiger partial charge is 0.481 e. The zero-order valence-electron chi connectivity index (χ0n) is 4.76. The van der Waals surface area contributed by atoms with Crippen LogP contribution in [0.4, 0.5) is 0 Å². The molecule has 0 aliphatic carbocycles. The van der Waals surface area contributed by atoms with Gasteiger partial charge in [-0.25, -0.2) is 0 Å². The minimum absolute atomic E-state index is 0. The number of hydrogen-bond acceptors (Lipinski definition) is 2. The number of hydrogen-bond donors (Lipinski definition) is 2. The van der Waals surface area contributed by atoms with Gasteiger partial charge in [0, 0.05) is 40.8 Å². The van der Waals surface area contributed by atoms with Gasteiger partial charge in [0.25, 0.3) is 0 Å². The number of aliphatic carboxylic acids is 2. The molecule has 0 fully saturated rings. The maximum absolute atomic E-state index is 9.64. The van der Waals surface area contributed by atoms with Gasteiger partial charge in [-0.05, 0) is 0 Å². The summed E-state index contributed by atoms with van der Waals surface area (Å²) in [6.45, 7) is 0. The van der Waals surface area contributed by atoms with Crippen LogP contribution in [0, 0.1) is 0 Å². The van der Waals surface area contributed by atoms with Gasteiger partial charge in [0.15, 0.2) is 0 Å². The van der Waals surface area contributed by atoms with Crippen LogP contribution in [0.15, 0.2) is 0 Å². The fourth-order valence-corrected chi connectivity index (χ4v) is 0.214. The quantitative estimate of drug-likeness (QED) is 0.710. The van der Waals surface area contributed by atoms with Crippen molar-refractivity contribution in [2.75, 3.05) is 0 Å². The van der Waals surface area contributed by atoms with Gasteiger partial charge in [-0.2, -0.15) is 0 Å². The Labute approximate surface area is 85.3 Å². The van der Waals surface area contributed by atoms with Crippen LogP contribution >= 0.6 is 0 Å². The van der Waals surface area contributed by atoms with Crippen molar-refractivity contribution in [3.05, 3.63) is 0 Å². The third-order valence-corrected chi connectivity index (χ3v) is 0.553. The van der Waals surface area contributed by atoms with Crippen molar-refractivity contribution in [2.45, 2.75) is 12.8 Å². The van der Waals surface area contributed by atoms with Gasteiger partial charge in [0.05, 0.1) is 12.8 Å². The van der Waals surface area contributed by atoms with E-state index in [0.717, 1.165) is 0 Å². The number of rotatable bonds is 3. The molecule has 10 heavy (non-hydrogen) atoms. The van der Waals surface area contributed by atoms with Crippen LogP contribution in [-0.4, -0.2) is 22.2 Å². The molecule has 0 aromatic heterocycles. The average Bonchev–Trinajstić information content (AvgIpc) is 1.61. The monoisotopic (exact) mass is 330 g/mol. The Morgan fingerprint density at radius 1 is 0.900 bits per heavy atom. The summed E-state index contributed by atoms with van der Waals surface area (Å²) in [7, 11) is 0. The van der Waals surface area contributed by atoms with E-state index in [1.54, 1.807) is 0 Å². The first kappa shape index (κ1) is 16.7. The maximum atomic E-state index is 9.64. The molecule has 2 N–H and O–H groups in total. The molecule has 4 nitrogen and oxygen atoms in total. The molecule has 0 aliphatic heterocycles. The van der Waals surface area contributed by atoms with E-state index < -0.39 is 11.9 Å². The summed E-state index contributed by atoms with van der Waals surface area (Å²) in [5.74, 6) is -2.15. The first-order valence-electron chi connectivity index (χ1n) is 2.06. The Balaban J connectivity index is -0.000000245. The molecule has 0 aromatic rings. The molecule has 0 aromatic carbocycles. The molecule has 0 saturated carbocycles. The predicted octanol–water partition coefficient (Wildman–Crippen LogP) is -0.0692. The molecule has 0 saturated heterocycles. The molecule has 0 rings (SSSR count). The van der Waals surface area contributed by atoms with Crippen molar-refractivity contribution < 1.29 is 60.6 Å². The van der Waals surface area contributed by atoms with Crippen LogP contribution in [0.5, 0.6) is 0 Å². The summed E-state index contributed by atoms with van der Waals surface area (Å²) in [5.41, 5.74) is 0. The Hall–Kier alpha value is 0.265. The summed E-state index contributed by atoms with van der Waals surface area (Å²) in [6, 6.07) is 0. The van der Waals surface area contributed by atoms with Crippen molar-refractivity contribution in [2.24, 2.45) is 0 Å². The maximum Gasteiger partial charge on any atom is 0.303 e. The Bertz CT molecular complexity index is 99.8. The van der Waals surface area contributed by atoms with Crippen LogP contribution in [-0.2, 0) is 50.4 Å². The molecule has 0 bridgehead atoms. The van der Waals surface area contributed by atoms with Gasteiger partial charge in [0.2, 0.25) is 0 Å². The second-order valence-electron chi connectivity index (χ2n) is 1.29. The fraction of sp³-hybridized carbons (Fsp3) is 0.500. The standard InChI is InChI=1S/C4H6O4.2Pd/c5-3(6)1-2-4(7)8;;/h1-2H2,(H,5,6)(H,7,8);;.